The van der Waals surface area contributed by atoms with Gasteiger partial charge in [-0.15, -0.1) is 12.4 Å². The zero-order valence-electron chi connectivity index (χ0n) is 12.7. The lowest BCUT2D eigenvalue weighted by Crippen LogP contribution is -2.39. The zero-order chi connectivity index (χ0) is 15.3. The van der Waals surface area contributed by atoms with Crippen LogP contribution < -0.4 is 15.2 Å². The minimum Gasteiger partial charge on any atom is -0.493 e. The highest BCUT2D eigenvalue weighted by atomic mass is 79.9. The van der Waals surface area contributed by atoms with Gasteiger partial charge in [0, 0.05) is 25.2 Å². The van der Waals surface area contributed by atoms with Gasteiger partial charge in [0.15, 0.2) is 11.5 Å². The number of halogens is 2. The molecule has 0 aliphatic heterocycles. The van der Waals surface area contributed by atoms with Gasteiger partial charge in [-0.2, -0.15) is 0 Å². The molecule has 1 unspecified atom stereocenters. The summed E-state index contributed by atoms with van der Waals surface area (Å²) in [6.45, 7) is 4.73. The summed E-state index contributed by atoms with van der Waals surface area (Å²) in [6, 6.07) is 3.38. The number of amides is 1. The third-order valence-corrected chi connectivity index (χ3v) is 3.68. The van der Waals surface area contributed by atoms with Crippen molar-refractivity contribution < 1.29 is 14.3 Å². The molecule has 0 aliphatic rings. The van der Waals surface area contributed by atoms with E-state index in [-0.39, 0.29) is 24.4 Å². The predicted molar refractivity (Wildman–Crippen MR) is 89.7 cm³/mol. The maximum absolute atomic E-state index is 12.4. The van der Waals surface area contributed by atoms with Crippen molar-refractivity contribution in [3.63, 3.8) is 0 Å². The zero-order valence-corrected chi connectivity index (χ0v) is 15.1. The third-order valence-electron chi connectivity index (χ3n) is 3.09. The van der Waals surface area contributed by atoms with Gasteiger partial charge in [0.2, 0.25) is 0 Å². The van der Waals surface area contributed by atoms with Crippen molar-refractivity contribution in [2.75, 3.05) is 27.3 Å². The number of benzene rings is 1. The lowest BCUT2D eigenvalue weighted by Gasteiger charge is -2.24. The molecule has 1 atom stereocenters. The summed E-state index contributed by atoms with van der Waals surface area (Å²) < 4.78 is 11.5. The molecule has 1 aromatic carbocycles. The number of methoxy groups -OCH3 is 1. The summed E-state index contributed by atoms with van der Waals surface area (Å²) in [5.74, 6) is 1.02. The Morgan fingerprint density at radius 2 is 2.10 bits per heavy atom. The quantitative estimate of drug-likeness (QED) is 0.823. The Balaban J connectivity index is 0.00000400. The maximum Gasteiger partial charge on any atom is 0.254 e. The highest BCUT2D eigenvalue weighted by Gasteiger charge is 2.20. The number of rotatable bonds is 6. The summed E-state index contributed by atoms with van der Waals surface area (Å²) in [7, 11) is 3.28. The van der Waals surface area contributed by atoms with E-state index in [2.05, 4.69) is 15.9 Å². The molecule has 5 nitrogen and oxygen atoms in total. The van der Waals surface area contributed by atoms with E-state index < -0.39 is 0 Å². The van der Waals surface area contributed by atoms with Crippen LogP contribution in [0.4, 0.5) is 0 Å². The number of hydrogen-bond donors (Lipinski definition) is 1. The number of carbonyl (C=O) groups is 1. The lowest BCUT2D eigenvalue weighted by molar-refractivity contribution is 0.0748. The van der Waals surface area contributed by atoms with Crippen LogP contribution in [0, 0.1) is 0 Å². The number of carbonyl (C=O) groups excluding carboxylic acids is 1. The molecule has 120 valence electrons. The standard InChI is InChI=1S/C14H21BrN2O3.ClH/c1-5-20-13-11(15)6-10(7-12(13)19-4)14(18)17(3)9(2)8-16;/h6-7,9H,5,8,16H2,1-4H3;1H. The molecule has 21 heavy (non-hydrogen) atoms. The van der Waals surface area contributed by atoms with Gasteiger partial charge in [0.05, 0.1) is 18.2 Å². The Labute approximate surface area is 140 Å². The molecule has 1 amide bonds. The minimum atomic E-state index is -0.106. The number of nitrogens with zero attached hydrogens (tertiary/aromatic N) is 1. The molecule has 1 aromatic rings. The Hall–Kier alpha value is -0.980. The molecule has 7 heteroatoms. The first-order valence-electron chi connectivity index (χ1n) is 6.43. The minimum absolute atomic E-state index is 0. The number of likely N-dealkylation sites (N-methyl/N-ethyl adjacent to an activating group) is 1. The van der Waals surface area contributed by atoms with Crippen LogP contribution in [0.5, 0.6) is 11.5 Å². The second kappa shape index (κ2) is 9.12. The number of hydrogen-bond acceptors (Lipinski definition) is 4. The van der Waals surface area contributed by atoms with Gasteiger partial charge in [0.1, 0.15) is 0 Å². The largest absolute Gasteiger partial charge is 0.493 e. The second-order valence-electron chi connectivity index (χ2n) is 4.42. The molecular formula is C14H22BrClN2O3. The highest BCUT2D eigenvalue weighted by molar-refractivity contribution is 9.10. The SMILES string of the molecule is CCOc1c(Br)cc(C(=O)N(C)C(C)CN)cc1OC.Cl. The van der Waals surface area contributed by atoms with Gasteiger partial charge in [0.25, 0.3) is 5.91 Å². The van der Waals surface area contributed by atoms with Crippen LogP contribution in [0.2, 0.25) is 0 Å². The van der Waals surface area contributed by atoms with Crippen molar-refractivity contribution in [3.8, 4) is 11.5 Å². The summed E-state index contributed by atoms with van der Waals surface area (Å²) in [6.07, 6.45) is 0. The molecule has 0 saturated heterocycles. The van der Waals surface area contributed by atoms with Crippen molar-refractivity contribution in [1.29, 1.82) is 0 Å². The van der Waals surface area contributed by atoms with E-state index >= 15 is 0 Å². The molecule has 0 saturated carbocycles. The van der Waals surface area contributed by atoms with E-state index in [4.69, 9.17) is 15.2 Å². The van der Waals surface area contributed by atoms with E-state index in [1.165, 1.54) is 0 Å². The molecule has 2 N–H and O–H groups in total. The lowest BCUT2D eigenvalue weighted by atomic mass is 10.1. The van der Waals surface area contributed by atoms with E-state index in [0.29, 0.717) is 34.7 Å². The molecule has 0 heterocycles. The molecule has 0 bridgehead atoms. The van der Waals surface area contributed by atoms with Crippen molar-refractivity contribution in [3.05, 3.63) is 22.2 Å². The summed E-state index contributed by atoms with van der Waals surface area (Å²) in [5, 5.41) is 0. The maximum atomic E-state index is 12.4. The monoisotopic (exact) mass is 380 g/mol. The normalized spacial score (nSPS) is 11.3. The van der Waals surface area contributed by atoms with E-state index in [1.54, 1.807) is 31.2 Å². The van der Waals surface area contributed by atoms with Gasteiger partial charge < -0.3 is 20.1 Å². The van der Waals surface area contributed by atoms with Crippen LogP contribution in [0.15, 0.2) is 16.6 Å². The van der Waals surface area contributed by atoms with Crippen LogP contribution in [-0.4, -0.2) is 44.2 Å². The first-order valence-corrected chi connectivity index (χ1v) is 7.23. The Morgan fingerprint density at radius 3 is 2.57 bits per heavy atom. The van der Waals surface area contributed by atoms with Crippen LogP contribution >= 0.6 is 28.3 Å². The molecule has 0 radical (unpaired) electrons. The van der Waals surface area contributed by atoms with Gasteiger partial charge in [-0.3, -0.25) is 4.79 Å². The van der Waals surface area contributed by atoms with Crippen LogP contribution in [0.3, 0.4) is 0 Å². The first-order chi connectivity index (χ1) is 9.46. The fourth-order valence-electron chi connectivity index (χ4n) is 1.69. The number of nitrogens with two attached hydrogens (primary N) is 1. The van der Waals surface area contributed by atoms with Gasteiger partial charge >= 0.3 is 0 Å². The Kier molecular flexibility index (Phi) is 8.70. The van der Waals surface area contributed by atoms with E-state index in [9.17, 15) is 4.79 Å². The molecule has 0 fully saturated rings. The summed E-state index contributed by atoms with van der Waals surface area (Å²) >= 11 is 3.41. The van der Waals surface area contributed by atoms with Gasteiger partial charge in [-0.05, 0) is 41.9 Å². The van der Waals surface area contributed by atoms with Crippen molar-refractivity contribution in [2.45, 2.75) is 19.9 Å². The average Bonchev–Trinajstić information content (AvgIpc) is 2.46. The van der Waals surface area contributed by atoms with Crippen LogP contribution in [0.1, 0.15) is 24.2 Å². The average molecular weight is 382 g/mol. The van der Waals surface area contributed by atoms with Crippen molar-refractivity contribution in [1.82, 2.24) is 4.90 Å². The van der Waals surface area contributed by atoms with E-state index in [0.717, 1.165) is 0 Å². The molecule has 0 aromatic heterocycles. The Bertz CT molecular complexity index is 486. The fourth-order valence-corrected chi connectivity index (χ4v) is 2.25. The number of ether oxygens (including phenoxy) is 2. The van der Waals surface area contributed by atoms with Crippen molar-refractivity contribution >= 4 is 34.2 Å². The fraction of sp³-hybridized carbons (Fsp3) is 0.500. The van der Waals surface area contributed by atoms with Gasteiger partial charge in [-0.1, -0.05) is 0 Å². The third kappa shape index (κ3) is 4.76. The summed E-state index contributed by atoms with van der Waals surface area (Å²) in [4.78, 5) is 14.0. The molecular weight excluding hydrogens is 360 g/mol. The predicted octanol–water partition coefficient (Wildman–Crippen LogP) is 2.70. The van der Waals surface area contributed by atoms with Gasteiger partial charge in [-0.25, -0.2) is 0 Å². The van der Waals surface area contributed by atoms with Crippen LogP contribution in [0.25, 0.3) is 0 Å². The van der Waals surface area contributed by atoms with Crippen LogP contribution in [-0.2, 0) is 0 Å². The molecule has 1 rings (SSSR count). The van der Waals surface area contributed by atoms with E-state index in [1.807, 2.05) is 13.8 Å². The highest BCUT2D eigenvalue weighted by Crippen LogP contribution is 2.36. The Morgan fingerprint density at radius 1 is 1.48 bits per heavy atom. The topological polar surface area (TPSA) is 64.8 Å². The molecule has 0 aliphatic carbocycles. The second-order valence-corrected chi connectivity index (χ2v) is 5.28. The smallest absolute Gasteiger partial charge is 0.254 e. The first kappa shape index (κ1) is 20.0. The summed E-state index contributed by atoms with van der Waals surface area (Å²) in [5.41, 5.74) is 6.12. The van der Waals surface area contributed by atoms with Crippen molar-refractivity contribution in [2.24, 2.45) is 5.73 Å². The molecule has 0 spiro atoms.